The molecule has 1 aliphatic rings. The van der Waals surface area contributed by atoms with Gasteiger partial charge in [0.1, 0.15) is 0 Å². The highest BCUT2D eigenvalue weighted by Crippen LogP contribution is 2.20. The molecule has 2 N–H and O–H groups in total. The standard InChI is InChI=1S/C13H19N3O3S/c1-9-8-16(6-5-15(9)2)13(19)14-11(12(17)18)10-4-3-7-20-10/h3-4,7,9,11H,5-6,8H2,1-2H3,(H,14,19)(H,17,18). The van der Waals surface area contributed by atoms with Gasteiger partial charge < -0.3 is 20.2 Å². The first kappa shape index (κ1) is 14.8. The minimum absolute atomic E-state index is 0.277. The highest BCUT2D eigenvalue weighted by Gasteiger charge is 2.29. The van der Waals surface area contributed by atoms with Crippen LogP contribution < -0.4 is 5.32 Å². The number of urea groups is 1. The minimum atomic E-state index is -1.04. The summed E-state index contributed by atoms with van der Waals surface area (Å²) in [7, 11) is 2.02. The van der Waals surface area contributed by atoms with Gasteiger partial charge in [-0.3, -0.25) is 0 Å². The van der Waals surface area contributed by atoms with Crippen molar-refractivity contribution in [1.29, 1.82) is 0 Å². The topological polar surface area (TPSA) is 72.9 Å². The zero-order valence-electron chi connectivity index (χ0n) is 11.6. The number of carboxylic acid groups (broad SMARTS) is 1. The van der Waals surface area contributed by atoms with Crippen LogP contribution in [0.15, 0.2) is 17.5 Å². The molecule has 0 saturated carbocycles. The summed E-state index contributed by atoms with van der Waals surface area (Å²) in [6.07, 6.45) is 0. The van der Waals surface area contributed by atoms with Crippen molar-refractivity contribution in [3.63, 3.8) is 0 Å². The summed E-state index contributed by atoms with van der Waals surface area (Å²) < 4.78 is 0. The normalized spacial score (nSPS) is 21.5. The second-order valence-electron chi connectivity index (χ2n) is 5.01. The van der Waals surface area contributed by atoms with Crippen molar-refractivity contribution in [3.8, 4) is 0 Å². The number of rotatable bonds is 3. The summed E-state index contributed by atoms with van der Waals surface area (Å²) in [5.41, 5.74) is 0. The van der Waals surface area contributed by atoms with Crippen LogP contribution in [0.1, 0.15) is 17.8 Å². The quantitative estimate of drug-likeness (QED) is 0.880. The second-order valence-corrected chi connectivity index (χ2v) is 5.99. The van der Waals surface area contributed by atoms with E-state index in [-0.39, 0.29) is 12.1 Å². The second kappa shape index (κ2) is 6.23. The molecular weight excluding hydrogens is 278 g/mol. The lowest BCUT2D eigenvalue weighted by molar-refractivity contribution is -0.139. The third-order valence-electron chi connectivity index (χ3n) is 3.59. The zero-order valence-corrected chi connectivity index (χ0v) is 12.4. The third kappa shape index (κ3) is 3.29. The molecule has 0 spiro atoms. The number of carbonyl (C=O) groups excluding carboxylic acids is 1. The summed E-state index contributed by atoms with van der Waals surface area (Å²) >= 11 is 1.33. The van der Waals surface area contributed by atoms with Crippen molar-refractivity contribution in [2.75, 3.05) is 26.7 Å². The first-order chi connectivity index (χ1) is 9.49. The Morgan fingerprint density at radius 1 is 1.50 bits per heavy atom. The molecule has 0 bridgehead atoms. The molecule has 1 aromatic heterocycles. The largest absolute Gasteiger partial charge is 0.479 e. The van der Waals surface area contributed by atoms with E-state index in [0.717, 1.165) is 6.54 Å². The van der Waals surface area contributed by atoms with Gasteiger partial charge in [-0.25, -0.2) is 9.59 Å². The Morgan fingerprint density at radius 2 is 2.25 bits per heavy atom. The van der Waals surface area contributed by atoms with Gasteiger partial charge in [-0.1, -0.05) is 6.07 Å². The Labute approximate surface area is 122 Å². The molecule has 1 saturated heterocycles. The molecule has 2 atom stereocenters. The first-order valence-electron chi connectivity index (χ1n) is 6.51. The zero-order chi connectivity index (χ0) is 14.7. The van der Waals surface area contributed by atoms with Gasteiger partial charge in [0.15, 0.2) is 6.04 Å². The summed E-state index contributed by atoms with van der Waals surface area (Å²) in [4.78, 5) is 28.0. The maximum absolute atomic E-state index is 12.2. The number of nitrogens with one attached hydrogen (secondary N) is 1. The van der Waals surface area contributed by atoms with Crippen molar-refractivity contribution in [2.45, 2.75) is 19.0 Å². The number of likely N-dealkylation sites (N-methyl/N-ethyl adjacent to an activating group) is 1. The summed E-state index contributed by atoms with van der Waals surface area (Å²) in [6.45, 7) is 4.07. The van der Waals surface area contributed by atoms with Crippen molar-refractivity contribution in [3.05, 3.63) is 22.4 Å². The Morgan fingerprint density at radius 3 is 2.80 bits per heavy atom. The molecule has 1 aliphatic heterocycles. The van der Waals surface area contributed by atoms with E-state index in [4.69, 9.17) is 0 Å². The molecule has 0 aliphatic carbocycles. The van der Waals surface area contributed by atoms with E-state index in [1.807, 2.05) is 14.0 Å². The van der Waals surface area contributed by atoms with Crippen molar-refractivity contribution in [2.24, 2.45) is 0 Å². The molecule has 20 heavy (non-hydrogen) atoms. The molecule has 7 heteroatoms. The maximum atomic E-state index is 12.2. The van der Waals surface area contributed by atoms with Gasteiger partial charge in [0.25, 0.3) is 0 Å². The fraction of sp³-hybridized carbons (Fsp3) is 0.538. The number of carboxylic acids is 1. The van der Waals surface area contributed by atoms with Crippen LogP contribution >= 0.6 is 11.3 Å². The highest BCUT2D eigenvalue weighted by atomic mass is 32.1. The number of thiophene rings is 1. The van der Waals surface area contributed by atoms with Gasteiger partial charge in [0, 0.05) is 30.6 Å². The molecule has 2 unspecified atom stereocenters. The average Bonchev–Trinajstić information content (AvgIpc) is 2.92. The Kier molecular flexibility index (Phi) is 4.61. The van der Waals surface area contributed by atoms with Crippen LogP contribution in [0.25, 0.3) is 0 Å². The van der Waals surface area contributed by atoms with Gasteiger partial charge in [0.2, 0.25) is 0 Å². The van der Waals surface area contributed by atoms with E-state index in [0.29, 0.717) is 18.0 Å². The van der Waals surface area contributed by atoms with E-state index in [9.17, 15) is 14.7 Å². The number of carbonyl (C=O) groups is 2. The predicted molar refractivity (Wildman–Crippen MR) is 76.9 cm³/mol. The highest BCUT2D eigenvalue weighted by molar-refractivity contribution is 7.10. The lowest BCUT2D eigenvalue weighted by Gasteiger charge is -2.37. The smallest absolute Gasteiger partial charge is 0.331 e. The van der Waals surface area contributed by atoms with E-state index in [2.05, 4.69) is 10.2 Å². The van der Waals surface area contributed by atoms with Crippen molar-refractivity contribution in [1.82, 2.24) is 15.1 Å². The number of amides is 2. The Hall–Kier alpha value is -1.60. The first-order valence-corrected chi connectivity index (χ1v) is 7.39. The fourth-order valence-corrected chi connectivity index (χ4v) is 2.92. The van der Waals surface area contributed by atoms with Crippen molar-refractivity contribution >= 4 is 23.3 Å². The average molecular weight is 297 g/mol. The molecule has 1 fully saturated rings. The monoisotopic (exact) mass is 297 g/mol. The number of aliphatic carboxylic acids is 1. The van der Waals surface area contributed by atoms with Crippen LogP contribution in [0.2, 0.25) is 0 Å². The van der Waals surface area contributed by atoms with Crippen LogP contribution in [0.3, 0.4) is 0 Å². The summed E-state index contributed by atoms with van der Waals surface area (Å²) in [5.74, 6) is -1.04. The molecule has 2 amide bonds. The molecule has 0 radical (unpaired) electrons. The van der Waals surface area contributed by atoms with Gasteiger partial charge >= 0.3 is 12.0 Å². The Bertz CT molecular complexity index is 477. The SMILES string of the molecule is CC1CN(C(=O)NC(C(=O)O)c2cccs2)CCN1C. The predicted octanol–water partition coefficient (Wildman–Crippen LogP) is 1.22. The Balaban J connectivity index is 2.01. The lowest BCUT2D eigenvalue weighted by Crippen LogP contribution is -2.55. The van der Waals surface area contributed by atoms with Gasteiger partial charge in [-0.15, -0.1) is 11.3 Å². The van der Waals surface area contributed by atoms with Crippen LogP contribution in [0.4, 0.5) is 4.79 Å². The lowest BCUT2D eigenvalue weighted by atomic mass is 10.2. The van der Waals surface area contributed by atoms with Crippen molar-refractivity contribution < 1.29 is 14.7 Å². The number of nitrogens with zero attached hydrogens (tertiary/aromatic N) is 2. The number of hydrogen-bond acceptors (Lipinski definition) is 4. The fourth-order valence-electron chi connectivity index (χ4n) is 2.16. The van der Waals surface area contributed by atoms with E-state index in [1.165, 1.54) is 11.3 Å². The van der Waals surface area contributed by atoms with Crippen LogP contribution in [-0.2, 0) is 4.79 Å². The minimum Gasteiger partial charge on any atom is -0.479 e. The summed E-state index contributed by atoms with van der Waals surface area (Å²) in [5, 5.41) is 13.7. The number of piperazine rings is 1. The molecule has 1 aromatic rings. The third-order valence-corrected chi connectivity index (χ3v) is 4.53. The maximum Gasteiger partial charge on any atom is 0.331 e. The van der Waals surface area contributed by atoms with Gasteiger partial charge in [0.05, 0.1) is 0 Å². The van der Waals surface area contributed by atoms with Crippen LogP contribution in [-0.4, -0.2) is 59.6 Å². The van der Waals surface area contributed by atoms with E-state index in [1.54, 1.807) is 22.4 Å². The molecule has 6 nitrogen and oxygen atoms in total. The van der Waals surface area contributed by atoms with Gasteiger partial charge in [-0.05, 0) is 25.4 Å². The molecular formula is C13H19N3O3S. The molecule has 2 heterocycles. The number of hydrogen-bond donors (Lipinski definition) is 2. The summed E-state index contributed by atoms with van der Waals surface area (Å²) in [6, 6.07) is 2.49. The van der Waals surface area contributed by atoms with E-state index < -0.39 is 12.0 Å². The van der Waals surface area contributed by atoms with Crippen LogP contribution in [0.5, 0.6) is 0 Å². The van der Waals surface area contributed by atoms with E-state index >= 15 is 0 Å². The molecule has 2 rings (SSSR count). The van der Waals surface area contributed by atoms with Gasteiger partial charge in [-0.2, -0.15) is 0 Å². The van der Waals surface area contributed by atoms with Crippen LogP contribution in [0, 0.1) is 0 Å². The molecule has 110 valence electrons. The molecule has 0 aromatic carbocycles.